The number of hydrogen-bond acceptors (Lipinski definition) is 6. The fourth-order valence-electron chi connectivity index (χ4n) is 2.86. The molecule has 0 unspecified atom stereocenters. The predicted molar refractivity (Wildman–Crippen MR) is 105 cm³/mol. The average Bonchev–Trinajstić information content (AvgIpc) is 3.00. The van der Waals surface area contributed by atoms with Crippen LogP contribution in [0.3, 0.4) is 0 Å². The molecule has 0 fully saturated rings. The zero-order chi connectivity index (χ0) is 19.5. The molecule has 1 N–H and O–H groups in total. The van der Waals surface area contributed by atoms with Crippen molar-refractivity contribution in [2.75, 3.05) is 5.32 Å². The molecule has 0 aliphatic carbocycles. The van der Waals surface area contributed by atoms with Gasteiger partial charge in [-0.15, -0.1) is 0 Å². The van der Waals surface area contributed by atoms with Crippen molar-refractivity contribution in [1.29, 1.82) is 0 Å². The third kappa shape index (κ3) is 3.64. The minimum absolute atomic E-state index is 0.379. The summed E-state index contributed by atoms with van der Waals surface area (Å²) >= 11 is 0. The maximum Gasteiger partial charge on any atom is 0.308 e. The van der Waals surface area contributed by atoms with Crippen LogP contribution in [0.5, 0.6) is 17.2 Å². The molecule has 0 saturated heterocycles. The van der Waals surface area contributed by atoms with Crippen LogP contribution >= 0.6 is 0 Å². The van der Waals surface area contributed by atoms with E-state index < -0.39 is 0 Å². The molecule has 0 aliphatic heterocycles. The van der Waals surface area contributed by atoms with E-state index in [0.29, 0.717) is 11.6 Å². The van der Waals surface area contributed by atoms with Crippen molar-refractivity contribution in [1.82, 2.24) is 14.6 Å². The van der Waals surface area contributed by atoms with E-state index in [-0.39, 0.29) is 5.97 Å². The molecule has 0 amide bonds. The molecule has 7 heteroatoms. The largest absolute Gasteiger partial charge is 0.457 e. The predicted octanol–water partition coefficient (Wildman–Crippen LogP) is 4.50. The highest BCUT2D eigenvalue weighted by Crippen LogP contribution is 2.30. The van der Waals surface area contributed by atoms with Crippen LogP contribution in [0.1, 0.15) is 12.5 Å². The third-order valence-corrected chi connectivity index (χ3v) is 4.13. The molecule has 0 spiro atoms. The molecule has 0 saturated carbocycles. The number of hydrogen-bond donors (Lipinski definition) is 1. The first-order chi connectivity index (χ1) is 13.6. The Hall–Kier alpha value is -3.87. The number of carbonyl (C=O) groups excluding carboxylic acids is 1. The van der Waals surface area contributed by atoms with Crippen LogP contribution in [0.4, 0.5) is 11.5 Å². The zero-order valence-corrected chi connectivity index (χ0v) is 15.4. The van der Waals surface area contributed by atoms with Gasteiger partial charge in [0.15, 0.2) is 11.6 Å². The lowest BCUT2D eigenvalue weighted by atomic mass is 10.2. The number of nitrogens with zero attached hydrogens (tertiary/aromatic N) is 3. The number of aromatic nitrogens is 3. The van der Waals surface area contributed by atoms with Gasteiger partial charge in [-0.1, -0.05) is 18.2 Å². The summed E-state index contributed by atoms with van der Waals surface area (Å²) in [6, 6.07) is 17.2. The van der Waals surface area contributed by atoms with Crippen molar-refractivity contribution in [3.8, 4) is 17.2 Å². The SMILES string of the molecule is CC(=O)Oc1cn2ncnc(Nc3ccc(Oc4ccccc4)cc3)c2c1C. The minimum atomic E-state index is -0.379. The lowest BCUT2D eigenvalue weighted by molar-refractivity contribution is -0.131. The Labute approximate surface area is 161 Å². The molecule has 0 aliphatic rings. The summed E-state index contributed by atoms with van der Waals surface area (Å²) in [5, 5.41) is 7.46. The molecule has 4 rings (SSSR count). The highest BCUT2D eigenvalue weighted by atomic mass is 16.5. The molecule has 0 radical (unpaired) electrons. The fraction of sp³-hybridized carbons (Fsp3) is 0.0952. The normalized spacial score (nSPS) is 10.6. The average molecular weight is 374 g/mol. The van der Waals surface area contributed by atoms with Gasteiger partial charge in [-0.05, 0) is 43.3 Å². The van der Waals surface area contributed by atoms with Gasteiger partial charge in [-0.2, -0.15) is 5.10 Å². The highest BCUT2D eigenvalue weighted by Gasteiger charge is 2.15. The van der Waals surface area contributed by atoms with Gasteiger partial charge < -0.3 is 14.8 Å². The summed E-state index contributed by atoms with van der Waals surface area (Å²) in [5.41, 5.74) is 2.36. The van der Waals surface area contributed by atoms with E-state index in [2.05, 4.69) is 15.4 Å². The van der Waals surface area contributed by atoms with Crippen molar-refractivity contribution in [3.63, 3.8) is 0 Å². The molecule has 0 atom stereocenters. The topological polar surface area (TPSA) is 77.8 Å². The van der Waals surface area contributed by atoms with E-state index >= 15 is 0 Å². The summed E-state index contributed by atoms with van der Waals surface area (Å²) in [6.45, 7) is 3.23. The molecule has 7 nitrogen and oxygen atoms in total. The van der Waals surface area contributed by atoms with E-state index in [1.54, 1.807) is 10.7 Å². The van der Waals surface area contributed by atoms with Gasteiger partial charge in [0.05, 0.1) is 6.20 Å². The molecule has 2 aromatic heterocycles. The number of benzene rings is 2. The minimum Gasteiger partial charge on any atom is -0.457 e. The van der Waals surface area contributed by atoms with Crippen LogP contribution < -0.4 is 14.8 Å². The van der Waals surface area contributed by atoms with E-state index in [1.807, 2.05) is 61.5 Å². The van der Waals surface area contributed by atoms with Gasteiger partial charge in [0.2, 0.25) is 0 Å². The Morgan fingerprint density at radius 3 is 2.46 bits per heavy atom. The van der Waals surface area contributed by atoms with E-state index in [9.17, 15) is 4.79 Å². The standard InChI is InChI=1S/C21H18N4O3/c1-14-19(27-15(2)26)12-25-20(14)21(22-13-23-25)24-16-8-10-18(11-9-16)28-17-6-4-3-5-7-17/h3-13H,1-2H3,(H,22,23,24). The van der Waals surface area contributed by atoms with Crippen molar-refractivity contribution in [2.24, 2.45) is 0 Å². The first-order valence-corrected chi connectivity index (χ1v) is 8.71. The third-order valence-electron chi connectivity index (χ3n) is 4.13. The Bertz CT molecular complexity index is 1120. The van der Waals surface area contributed by atoms with Gasteiger partial charge in [0, 0.05) is 18.2 Å². The summed E-state index contributed by atoms with van der Waals surface area (Å²) in [7, 11) is 0. The number of anilines is 2. The second-order valence-electron chi connectivity index (χ2n) is 6.18. The number of ether oxygens (including phenoxy) is 2. The Morgan fingerprint density at radius 1 is 1.04 bits per heavy atom. The van der Waals surface area contributed by atoms with Gasteiger partial charge >= 0.3 is 5.97 Å². The molecule has 2 aromatic carbocycles. The van der Waals surface area contributed by atoms with Gasteiger partial charge in [0.25, 0.3) is 0 Å². The molecular formula is C21H18N4O3. The first kappa shape index (κ1) is 17.5. The number of fused-ring (bicyclic) bond motifs is 1. The van der Waals surface area contributed by atoms with E-state index in [0.717, 1.165) is 28.3 Å². The Balaban J connectivity index is 1.58. The van der Waals surface area contributed by atoms with E-state index in [4.69, 9.17) is 9.47 Å². The maximum atomic E-state index is 11.3. The molecule has 140 valence electrons. The summed E-state index contributed by atoms with van der Waals surface area (Å²) in [5.74, 6) is 2.21. The number of aryl methyl sites for hydroxylation is 1. The first-order valence-electron chi connectivity index (χ1n) is 8.71. The van der Waals surface area contributed by atoms with Crippen molar-refractivity contribution >= 4 is 23.0 Å². The number of esters is 1. The van der Waals surface area contributed by atoms with Crippen molar-refractivity contribution in [3.05, 3.63) is 72.7 Å². The smallest absolute Gasteiger partial charge is 0.308 e. The van der Waals surface area contributed by atoms with Crippen LogP contribution in [0.25, 0.3) is 5.52 Å². The Kier molecular flexibility index (Phi) is 4.63. The van der Waals surface area contributed by atoms with Crippen LogP contribution in [0.2, 0.25) is 0 Å². The number of rotatable bonds is 5. The monoisotopic (exact) mass is 374 g/mol. The zero-order valence-electron chi connectivity index (χ0n) is 15.4. The second kappa shape index (κ2) is 7.40. The number of carbonyl (C=O) groups is 1. The summed E-state index contributed by atoms with van der Waals surface area (Å²) < 4.78 is 12.7. The second-order valence-corrected chi connectivity index (χ2v) is 6.18. The highest BCUT2D eigenvalue weighted by molar-refractivity contribution is 5.80. The number of nitrogens with one attached hydrogen (secondary N) is 1. The molecular weight excluding hydrogens is 356 g/mol. The quantitative estimate of drug-likeness (QED) is 0.518. The summed E-state index contributed by atoms with van der Waals surface area (Å²) in [4.78, 5) is 15.6. The van der Waals surface area contributed by atoms with Crippen LogP contribution in [0.15, 0.2) is 67.1 Å². The Morgan fingerprint density at radius 2 is 1.75 bits per heavy atom. The van der Waals surface area contributed by atoms with Crippen LogP contribution in [-0.4, -0.2) is 20.6 Å². The molecule has 28 heavy (non-hydrogen) atoms. The fourth-order valence-corrected chi connectivity index (χ4v) is 2.86. The summed E-state index contributed by atoms with van der Waals surface area (Å²) in [6.07, 6.45) is 3.11. The van der Waals surface area contributed by atoms with Gasteiger partial charge in [0.1, 0.15) is 23.3 Å². The molecule has 2 heterocycles. The van der Waals surface area contributed by atoms with Gasteiger partial charge in [-0.25, -0.2) is 9.50 Å². The maximum absolute atomic E-state index is 11.3. The van der Waals surface area contributed by atoms with Crippen molar-refractivity contribution in [2.45, 2.75) is 13.8 Å². The lowest BCUT2D eigenvalue weighted by Gasteiger charge is -2.09. The van der Waals surface area contributed by atoms with Gasteiger partial charge in [-0.3, -0.25) is 4.79 Å². The lowest BCUT2D eigenvalue weighted by Crippen LogP contribution is -2.01. The molecule has 4 aromatic rings. The number of para-hydroxylation sites is 1. The van der Waals surface area contributed by atoms with E-state index in [1.165, 1.54) is 13.3 Å². The van der Waals surface area contributed by atoms with Crippen molar-refractivity contribution < 1.29 is 14.3 Å². The van der Waals surface area contributed by atoms with Crippen LogP contribution in [-0.2, 0) is 4.79 Å². The molecule has 0 bridgehead atoms. The van der Waals surface area contributed by atoms with Crippen LogP contribution in [0, 0.1) is 6.92 Å².